The van der Waals surface area contributed by atoms with Crippen LogP contribution in [-0.2, 0) is 6.18 Å². The van der Waals surface area contributed by atoms with Crippen molar-refractivity contribution in [3.05, 3.63) is 83.4 Å². The van der Waals surface area contributed by atoms with E-state index in [1.54, 1.807) is 48.5 Å². The highest BCUT2D eigenvalue weighted by Gasteiger charge is 2.36. The van der Waals surface area contributed by atoms with Crippen LogP contribution in [-0.4, -0.2) is 11.0 Å². The minimum absolute atomic E-state index is 0.192. The molecule has 0 aliphatic heterocycles. The van der Waals surface area contributed by atoms with Crippen LogP contribution in [0.2, 0.25) is 0 Å². The summed E-state index contributed by atoms with van der Waals surface area (Å²) in [6.07, 6.45) is -4.63. The number of alkyl halides is 3. The molecular formula is C22H14F3NO2. The zero-order chi connectivity index (χ0) is 19.9. The van der Waals surface area contributed by atoms with Gasteiger partial charge in [0.2, 0.25) is 0 Å². The molecule has 0 spiro atoms. The molecule has 0 amide bonds. The summed E-state index contributed by atoms with van der Waals surface area (Å²) in [4.78, 5) is 17.6. The van der Waals surface area contributed by atoms with Gasteiger partial charge in [-0.1, -0.05) is 48.5 Å². The van der Waals surface area contributed by atoms with Gasteiger partial charge in [-0.15, -0.1) is 0 Å². The van der Waals surface area contributed by atoms with Gasteiger partial charge in [0.15, 0.2) is 0 Å². The van der Waals surface area contributed by atoms with Gasteiger partial charge in [0.1, 0.15) is 5.75 Å². The first-order valence-electron chi connectivity index (χ1n) is 8.53. The molecule has 0 saturated carbocycles. The Kier molecular flexibility index (Phi) is 4.26. The summed E-state index contributed by atoms with van der Waals surface area (Å²) in [5, 5.41) is 1.04. The van der Waals surface area contributed by atoms with Gasteiger partial charge >= 0.3 is 12.1 Å². The van der Waals surface area contributed by atoms with Crippen molar-refractivity contribution < 1.29 is 22.7 Å². The number of para-hydroxylation sites is 3. The van der Waals surface area contributed by atoms with Gasteiger partial charge in [-0.2, -0.15) is 13.2 Å². The van der Waals surface area contributed by atoms with Crippen LogP contribution in [0.3, 0.4) is 0 Å². The largest absolute Gasteiger partial charge is 0.422 e. The molecule has 0 saturated heterocycles. The van der Waals surface area contributed by atoms with Crippen LogP contribution in [0.4, 0.5) is 13.2 Å². The lowest BCUT2D eigenvalue weighted by molar-refractivity contribution is -0.138. The highest BCUT2D eigenvalue weighted by molar-refractivity contribution is 6.14. The predicted octanol–water partition coefficient (Wildman–Crippen LogP) is 5.93. The van der Waals surface area contributed by atoms with Crippen LogP contribution < -0.4 is 4.74 Å². The predicted molar refractivity (Wildman–Crippen MR) is 100 cm³/mol. The molecule has 0 aliphatic rings. The van der Waals surface area contributed by atoms with Crippen LogP contribution in [0.5, 0.6) is 5.75 Å². The minimum atomic E-state index is -4.63. The van der Waals surface area contributed by atoms with E-state index in [2.05, 4.69) is 4.98 Å². The maximum absolute atomic E-state index is 13.4. The first kappa shape index (κ1) is 18.0. The second-order valence-electron chi connectivity index (χ2n) is 6.36. The summed E-state index contributed by atoms with van der Waals surface area (Å²) in [5.41, 5.74) is 0.565. The van der Waals surface area contributed by atoms with E-state index in [1.807, 2.05) is 0 Å². The standard InChI is InChI=1S/C22H14F3NO2/c1-13-7-6-10-16(22(23,24)25)20(13)28-21(27)19-14-8-2-4-11-17(14)26-18-12-5-3-9-15(18)19/h2-12H,1H3. The minimum Gasteiger partial charge on any atom is -0.422 e. The third-order valence-corrected chi connectivity index (χ3v) is 4.50. The van der Waals surface area contributed by atoms with Crippen LogP contribution in [0, 0.1) is 6.92 Å². The Balaban J connectivity index is 1.91. The van der Waals surface area contributed by atoms with Crippen molar-refractivity contribution in [3.8, 4) is 5.75 Å². The zero-order valence-corrected chi connectivity index (χ0v) is 14.7. The van der Waals surface area contributed by atoms with Gasteiger partial charge in [-0.25, -0.2) is 9.78 Å². The fourth-order valence-electron chi connectivity index (χ4n) is 3.21. The average molecular weight is 381 g/mol. The van der Waals surface area contributed by atoms with Crippen molar-refractivity contribution in [2.45, 2.75) is 13.1 Å². The monoisotopic (exact) mass is 381 g/mol. The lowest BCUT2D eigenvalue weighted by Crippen LogP contribution is -2.15. The van der Waals surface area contributed by atoms with Crippen LogP contribution in [0.1, 0.15) is 21.5 Å². The first-order valence-corrected chi connectivity index (χ1v) is 8.53. The molecule has 0 unspecified atom stereocenters. The Morgan fingerprint density at radius 3 is 2.00 bits per heavy atom. The van der Waals surface area contributed by atoms with Crippen molar-refractivity contribution in [2.24, 2.45) is 0 Å². The summed E-state index contributed by atoms with van der Waals surface area (Å²) < 4.78 is 45.5. The quantitative estimate of drug-likeness (QED) is 0.245. The molecule has 28 heavy (non-hydrogen) atoms. The number of benzene rings is 3. The van der Waals surface area contributed by atoms with E-state index < -0.39 is 23.5 Å². The number of pyridine rings is 1. The van der Waals surface area contributed by atoms with Gasteiger partial charge in [-0.05, 0) is 30.7 Å². The van der Waals surface area contributed by atoms with E-state index in [9.17, 15) is 18.0 Å². The van der Waals surface area contributed by atoms with E-state index >= 15 is 0 Å². The number of aryl methyl sites for hydroxylation is 1. The molecule has 4 rings (SSSR count). The number of nitrogens with zero attached hydrogens (tertiary/aromatic N) is 1. The molecule has 0 N–H and O–H groups in total. The first-order chi connectivity index (χ1) is 13.4. The molecule has 4 aromatic rings. The highest BCUT2D eigenvalue weighted by atomic mass is 19.4. The molecule has 0 atom stereocenters. The molecule has 0 aliphatic carbocycles. The van der Waals surface area contributed by atoms with Crippen LogP contribution >= 0.6 is 0 Å². The SMILES string of the molecule is Cc1cccc(C(F)(F)F)c1OC(=O)c1c2ccccc2nc2ccccc12. The third kappa shape index (κ3) is 3.07. The molecule has 3 aromatic carbocycles. The molecule has 6 heteroatoms. The molecule has 0 fully saturated rings. The Morgan fingerprint density at radius 1 is 0.857 bits per heavy atom. The van der Waals surface area contributed by atoms with Gasteiger partial charge < -0.3 is 4.74 Å². The van der Waals surface area contributed by atoms with Crippen LogP contribution in [0.15, 0.2) is 66.7 Å². The number of halogens is 3. The van der Waals surface area contributed by atoms with Gasteiger partial charge in [0.25, 0.3) is 0 Å². The van der Waals surface area contributed by atoms with Crippen molar-refractivity contribution in [3.63, 3.8) is 0 Å². The summed E-state index contributed by atoms with van der Waals surface area (Å²) >= 11 is 0. The summed E-state index contributed by atoms with van der Waals surface area (Å²) in [6.45, 7) is 1.47. The number of carbonyl (C=O) groups excluding carboxylic acids is 1. The molecular weight excluding hydrogens is 367 g/mol. The molecule has 3 nitrogen and oxygen atoms in total. The number of fused-ring (bicyclic) bond motifs is 2. The molecule has 0 bridgehead atoms. The maximum Gasteiger partial charge on any atom is 0.419 e. The maximum atomic E-state index is 13.4. The molecule has 140 valence electrons. The van der Waals surface area contributed by atoms with E-state index in [0.717, 1.165) is 6.07 Å². The molecule has 0 radical (unpaired) electrons. The normalized spacial score (nSPS) is 11.7. The van der Waals surface area contributed by atoms with Crippen molar-refractivity contribution in [1.82, 2.24) is 4.98 Å². The number of hydrogen-bond acceptors (Lipinski definition) is 3. The number of ether oxygens (including phenoxy) is 1. The van der Waals surface area contributed by atoms with E-state index in [-0.39, 0.29) is 11.1 Å². The Hall–Kier alpha value is -3.41. The smallest absolute Gasteiger partial charge is 0.419 e. The van der Waals surface area contributed by atoms with Gasteiger partial charge in [0.05, 0.1) is 22.2 Å². The van der Waals surface area contributed by atoms with Gasteiger partial charge in [-0.3, -0.25) is 0 Å². The summed E-state index contributed by atoms with van der Waals surface area (Å²) in [5.74, 6) is -1.33. The lowest BCUT2D eigenvalue weighted by atomic mass is 10.0. The fourth-order valence-corrected chi connectivity index (χ4v) is 3.21. The van der Waals surface area contributed by atoms with E-state index in [1.165, 1.54) is 19.1 Å². The second-order valence-corrected chi connectivity index (χ2v) is 6.36. The van der Waals surface area contributed by atoms with E-state index in [4.69, 9.17) is 4.74 Å². The number of hydrogen-bond donors (Lipinski definition) is 0. The summed E-state index contributed by atoms with van der Waals surface area (Å²) in [7, 11) is 0. The second kappa shape index (κ2) is 6.64. The topological polar surface area (TPSA) is 39.2 Å². The van der Waals surface area contributed by atoms with Crippen molar-refractivity contribution in [1.29, 1.82) is 0 Å². The Labute approximate surface area is 158 Å². The van der Waals surface area contributed by atoms with Crippen molar-refractivity contribution in [2.75, 3.05) is 0 Å². The third-order valence-electron chi connectivity index (χ3n) is 4.50. The number of rotatable bonds is 2. The highest BCUT2D eigenvalue weighted by Crippen LogP contribution is 2.39. The van der Waals surface area contributed by atoms with E-state index in [0.29, 0.717) is 21.8 Å². The number of aromatic nitrogens is 1. The summed E-state index contributed by atoms with van der Waals surface area (Å²) in [6, 6.07) is 17.6. The Bertz CT molecular complexity index is 1160. The molecule has 1 aromatic heterocycles. The number of carbonyl (C=O) groups is 1. The average Bonchev–Trinajstić information content (AvgIpc) is 2.66. The Morgan fingerprint density at radius 2 is 1.43 bits per heavy atom. The number of esters is 1. The van der Waals surface area contributed by atoms with Gasteiger partial charge in [0, 0.05) is 10.8 Å². The van der Waals surface area contributed by atoms with Crippen LogP contribution in [0.25, 0.3) is 21.8 Å². The molecule has 1 heterocycles. The fraction of sp³-hybridized carbons (Fsp3) is 0.0909. The zero-order valence-electron chi connectivity index (χ0n) is 14.7. The van der Waals surface area contributed by atoms with Crippen molar-refractivity contribution >= 4 is 27.8 Å². The lowest BCUT2D eigenvalue weighted by Gasteiger charge is -2.16.